The zero-order valence-electron chi connectivity index (χ0n) is 16.9. The molecule has 0 fully saturated rings. The monoisotopic (exact) mass is 391 g/mol. The molecule has 3 rings (SSSR count). The maximum atomic E-state index is 12.0. The van der Waals surface area contributed by atoms with E-state index in [1.54, 1.807) is 18.3 Å². The first-order chi connectivity index (χ1) is 14.0. The number of carbonyl (C=O) groups excluding carboxylic acids is 1. The second kappa shape index (κ2) is 9.73. The molecule has 0 saturated carbocycles. The largest absolute Gasteiger partial charge is 0.494 e. The number of esters is 1. The Balaban J connectivity index is 1.64. The van der Waals surface area contributed by atoms with Crippen molar-refractivity contribution in [1.82, 2.24) is 0 Å². The summed E-state index contributed by atoms with van der Waals surface area (Å²) in [5.41, 5.74) is 2.22. The Kier molecular flexibility index (Phi) is 6.85. The van der Waals surface area contributed by atoms with Gasteiger partial charge in [-0.15, -0.1) is 0 Å². The quantitative estimate of drug-likeness (QED) is 0.354. The molecule has 1 aromatic heterocycles. The van der Waals surface area contributed by atoms with E-state index in [0.717, 1.165) is 17.0 Å². The highest BCUT2D eigenvalue weighted by Crippen LogP contribution is 2.23. The van der Waals surface area contributed by atoms with E-state index in [0.29, 0.717) is 36.2 Å². The van der Waals surface area contributed by atoms with Crippen LogP contribution in [0.25, 0.3) is 11.3 Å². The van der Waals surface area contributed by atoms with Gasteiger partial charge >= 0.3 is 5.97 Å². The normalized spacial score (nSPS) is 11.2. The molecule has 0 unspecified atom stereocenters. The molecule has 0 N–H and O–H groups in total. The predicted octanol–water partition coefficient (Wildman–Crippen LogP) is 5.91. The summed E-state index contributed by atoms with van der Waals surface area (Å²) < 4.78 is 16.5. The topological polar surface area (TPSA) is 61.0 Å². The summed E-state index contributed by atoms with van der Waals surface area (Å²) in [5.74, 6) is 2.18. The molecule has 5 nitrogen and oxygen atoms in total. The van der Waals surface area contributed by atoms with Crippen molar-refractivity contribution in [3.63, 3.8) is 0 Å². The first-order valence-corrected chi connectivity index (χ1v) is 9.69. The van der Waals surface area contributed by atoms with Crippen LogP contribution in [-0.4, -0.2) is 25.4 Å². The van der Waals surface area contributed by atoms with E-state index < -0.39 is 0 Å². The zero-order valence-corrected chi connectivity index (χ0v) is 16.9. The van der Waals surface area contributed by atoms with Gasteiger partial charge in [0.1, 0.15) is 17.3 Å². The van der Waals surface area contributed by atoms with Gasteiger partial charge in [-0.3, -0.25) is 4.99 Å². The van der Waals surface area contributed by atoms with Gasteiger partial charge in [0.2, 0.25) is 0 Å². The van der Waals surface area contributed by atoms with Gasteiger partial charge in [0, 0.05) is 5.56 Å². The third-order valence-corrected chi connectivity index (χ3v) is 4.07. The van der Waals surface area contributed by atoms with E-state index in [1.807, 2.05) is 69.3 Å². The Bertz CT molecular complexity index is 953. The van der Waals surface area contributed by atoms with Gasteiger partial charge < -0.3 is 13.9 Å². The first-order valence-electron chi connectivity index (χ1n) is 9.69. The second-order valence-electron chi connectivity index (χ2n) is 6.96. The smallest absolute Gasteiger partial charge is 0.338 e. The van der Waals surface area contributed by atoms with E-state index in [2.05, 4.69) is 4.99 Å². The van der Waals surface area contributed by atoms with E-state index >= 15 is 0 Å². The Hall–Kier alpha value is -3.34. The van der Waals surface area contributed by atoms with Crippen molar-refractivity contribution in [2.75, 3.05) is 13.2 Å². The van der Waals surface area contributed by atoms with Crippen molar-refractivity contribution < 1.29 is 18.7 Å². The van der Waals surface area contributed by atoms with Crippen LogP contribution in [0.1, 0.15) is 36.9 Å². The molecule has 0 spiro atoms. The highest BCUT2D eigenvalue weighted by atomic mass is 16.5. The van der Waals surface area contributed by atoms with Crippen LogP contribution in [0.5, 0.6) is 5.75 Å². The lowest BCUT2D eigenvalue weighted by Gasteiger charge is -2.07. The summed E-state index contributed by atoms with van der Waals surface area (Å²) in [6.07, 6.45) is 1.68. The van der Waals surface area contributed by atoms with Crippen LogP contribution < -0.4 is 4.74 Å². The molecule has 0 saturated heterocycles. The molecule has 2 aromatic carbocycles. The molecule has 5 heteroatoms. The van der Waals surface area contributed by atoms with Crippen LogP contribution in [0.15, 0.2) is 70.1 Å². The number of benzene rings is 2. The van der Waals surface area contributed by atoms with Gasteiger partial charge in [0.05, 0.1) is 30.7 Å². The number of aliphatic imine (C=N–C) groups is 1. The Morgan fingerprint density at radius 3 is 2.41 bits per heavy atom. The molecule has 0 bridgehead atoms. The number of hydrogen-bond acceptors (Lipinski definition) is 5. The third kappa shape index (κ3) is 5.82. The van der Waals surface area contributed by atoms with Gasteiger partial charge in [-0.05, 0) is 61.4 Å². The third-order valence-electron chi connectivity index (χ3n) is 4.07. The Morgan fingerprint density at radius 1 is 1.03 bits per heavy atom. The molecular weight excluding hydrogens is 366 g/mol. The van der Waals surface area contributed by atoms with Crippen molar-refractivity contribution >= 4 is 17.9 Å². The molecule has 0 aliphatic carbocycles. The number of carbonyl (C=O) groups is 1. The van der Waals surface area contributed by atoms with Gasteiger partial charge in [0.15, 0.2) is 0 Å². The lowest BCUT2D eigenvalue weighted by Crippen LogP contribution is -2.09. The molecule has 0 radical (unpaired) electrons. The Labute approximate surface area is 171 Å². The lowest BCUT2D eigenvalue weighted by molar-refractivity contribution is 0.0459. The lowest BCUT2D eigenvalue weighted by atomic mass is 10.1. The average molecular weight is 391 g/mol. The summed E-state index contributed by atoms with van der Waals surface area (Å²) in [4.78, 5) is 16.4. The van der Waals surface area contributed by atoms with E-state index in [4.69, 9.17) is 13.9 Å². The predicted molar refractivity (Wildman–Crippen MR) is 114 cm³/mol. The number of rotatable bonds is 8. The number of furan rings is 1. The van der Waals surface area contributed by atoms with Gasteiger partial charge in [0.25, 0.3) is 0 Å². The molecule has 0 aliphatic rings. The van der Waals surface area contributed by atoms with Crippen molar-refractivity contribution in [2.24, 2.45) is 10.9 Å². The molecule has 1 heterocycles. The molecule has 3 aromatic rings. The van der Waals surface area contributed by atoms with Crippen molar-refractivity contribution in [1.29, 1.82) is 0 Å². The molecular formula is C24H25NO4. The minimum atomic E-state index is -0.312. The van der Waals surface area contributed by atoms with Gasteiger partial charge in [-0.25, -0.2) is 4.79 Å². The highest BCUT2D eigenvalue weighted by Gasteiger charge is 2.10. The van der Waals surface area contributed by atoms with Crippen molar-refractivity contribution in [2.45, 2.75) is 20.8 Å². The summed E-state index contributed by atoms with van der Waals surface area (Å²) in [6, 6.07) is 18.5. The van der Waals surface area contributed by atoms with Crippen LogP contribution in [0.3, 0.4) is 0 Å². The standard InChI is InChI=1S/C24H25NO4/c1-4-27-21-11-9-20(10-12-21)25-15-22-13-14-23(29-22)18-5-7-19(8-6-18)24(26)28-16-17(2)3/h5-15,17H,4,16H2,1-3H3. The maximum absolute atomic E-state index is 12.0. The number of hydrogen-bond donors (Lipinski definition) is 0. The van der Waals surface area contributed by atoms with E-state index in [1.165, 1.54) is 0 Å². The molecule has 0 atom stereocenters. The summed E-state index contributed by atoms with van der Waals surface area (Å²) in [7, 11) is 0. The van der Waals surface area contributed by atoms with Crippen LogP contribution in [0.2, 0.25) is 0 Å². The highest BCUT2D eigenvalue weighted by molar-refractivity contribution is 5.90. The van der Waals surface area contributed by atoms with Gasteiger partial charge in [-0.2, -0.15) is 0 Å². The van der Waals surface area contributed by atoms with Crippen LogP contribution >= 0.6 is 0 Å². The minimum absolute atomic E-state index is 0.309. The van der Waals surface area contributed by atoms with Crippen molar-refractivity contribution in [3.8, 4) is 17.1 Å². The molecule has 0 aliphatic heterocycles. The van der Waals surface area contributed by atoms with E-state index in [9.17, 15) is 4.79 Å². The number of ether oxygens (including phenoxy) is 2. The van der Waals surface area contributed by atoms with Crippen LogP contribution in [0, 0.1) is 5.92 Å². The van der Waals surface area contributed by atoms with Crippen LogP contribution in [0.4, 0.5) is 5.69 Å². The zero-order chi connectivity index (χ0) is 20.6. The fourth-order valence-electron chi connectivity index (χ4n) is 2.61. The SMILES string of the molecule is CCOc1ccc(N=Cc2ccc(-c3ccc(C(=O)OCC(C)C)cc3)o2)cc1. The average Bonchev–Trinajstić information content (AvgIpc) is 3.21. The Morgan fingerprint density at radius 2 is 1.76 bits per heavy atom. The summed E-state index contributed by atoms with van der Waals surface area (Å²) >= 11 is 0. The fourth-order valence-corrected chi connectivity index (χ4v) is 2.61. The first kappa shape index (κ1) is 20.4. The molecule has 150 valence electrons. The minimum Gasteiger partial charge on any atom is -0.494 e. The fraction of sp³-hybridized carbons (Fsp3) is 0.250. The van der Waals surface area contributed by atoms with Crippen LogP contribution in [-0.2, 0) is 4.74 Å². The van der Waals surface area contributed by atoms with E-state index in [-0.39, 0.29) is 5.97 Å². The van der Waals surface area contributed by atoms with Crippen molar-refractivity contribution in [3.05, 3.63) is 72.0 Å². The summed E-state index contributed by atoms with van der Waals surface area (Å²) in [6.45, 7) is 7.01. The number of nitrogens with zero attached hydrogens (tertiary/aromatic N) is 1. The van der Waals surface area contributed by atoms with Gasteiger partial charge in [-0.1, -0.05) is 26.0 Å². The maximum Gasteiger partial charge on any atom is 0.338 e. The molecule has 0 amide bonds. The summed E-state index contributed by atoms with van der Waals surface area (Å²) in [5, 5.41) is 0. The molecule has 29 heavy (non-hydrogen) atoms. The second-order valence-corrected chi connectivity index (χ2v) is 6.96.